The molecule has 29 heavy (non-hydrogen) atoms. The van der Waals surface area contributed by atoms with E-state index in [2.05, 4.69) is 25.6 Å². The lowest BCUT2D eigenvalue weighted by Crippen LogP contribution is -2.51. The van der Waals surface area contributed by atoms with Gasteiger partial charge in [0, 0.05) is 19.2 Å². The van der Waals surface area contributed by atoms with Crippen molar-refractivity contribution in [3.8, 4) is 0 Å². The summed E-state index contributed by atoms with van der Waals surface area (Å²) in [4.78, 5) is 38.7. The predicted molar refractivity (Wildman–Crippen MR) is 92.5 cm³/mol. The monoisotopic (exact) mass is 429 g/mol. The van der Waals surface area contributed by atoms with Crippen molar-refractivity contribution < 1.29 is 31.6 Å². The van der Waals surface area contributed by atoms with E-state index in [0.29, 0.717) is 35.8 Å². The second-order valence-electron chi connectivity index (χ2n) is 6.96. The van der Waals surface area contributed by atoms with Crippen molar-refractivity contribution in [1.82, 2.24) is 35.9 Å². The molecule has 3 unspecified atom stereocenters. The minimum atomic E-state index is -4.96. The number of aromatic nitrogens is 2. The van der Waals surface area contributed by atoms with Gasteiger partial charge in [0.15, 0.2) is 6.04 Å². The fourth-order valence-electron chi connectivity index (χ4n) is 3.87. The summed E-state index contributed by atoms with van der Waals surface area (Å²) in [5.41, 5.74) is 5.42. The fourth-order valence-corrected chi connectivity index (χ4v) is 4.24. The Kier molecular flexibility index (Phi) is 4.68. The highest BCUT2D eigenvalue weighted by Gasteiger charge is 2.53. The Hall–Kier alpha value is -2.75. The van der Waals surface area contributed by atoms with E-state index < -0.39 is 34.4 Å². The number of fused-ring (bicyclic) bond motifs is 4. The van der Waals surface area contributed by atoms with Gasteiger partial charge in [0.1, 0.15) is 6.04 Å². The van der Waals surface area contributed by atoms with Crippen LogP contribution in [0.3, 0.4) is 0 Å². The van der Waals surface area contributed by atoms with Crippen LogP contribution in [-0.4, -0.2) is 70.2 Å². The molecule has 3 aliphatic rings. The first kappa shape index (κ1) is 19.6. The molecule has 1 aromatic rings. The van der Waals surface area contributed by atoms with Crippen molar-refractivity contribution in [2.45, 2.75) is 18.5 Å². The van der Waals surface area contributed by atoms with Gasteiger partial charge in [-0.1, -0.05) is 0 Å². The number of amides is 4. The molecule has 0 aliphatic carbocycles. The van der Waals surface area contributed by atoms with Gasteiger partial charge in [-0.05, 0) is 13.0 Å². The minimum absolute atomic E-state index is 0.0639. The summed E-state index contributed by atoms with van der Waals surface area (Å²) < 4.78 is 37.0. The molecule has 3 atom stereocenters. The molecule has 0 saturated carbocycles. The van der Waals surface area contributed by atoms with Crippen LogP contribution in [0.15, 0.2) is 6.20 Å². The maximum Gasteiger partial charge on any atom is 0.418 e. The molecule has 0 aromatic carbocycles. The zero-order valence-electron chi connectivity index (χ0n) is 15.2. The minimum Gasteiger partial charge on any atom is -0.316 e. The van der Waals surface area contributed by atoms with E-state index in [1.807, 2.05) is 0 Å². The number of carbonyl (C=O) groups excluding carboxylic acids is 3. The van der Waals surface area contributed by atoms with Crippen molar-refractivity contribution in [3.05, 3.63) is 17.5 Å². The molecule has 2 bridgehead atoms. The lowest BCUT2D eigenvalue weighted by Gasteiger charge is -2.30. The molecule has 4 N–H and O–H groups in total. The summed E-state index contributed by atoms with van der Waals surface area (Å²) >= 11 is 0. The molecule has 2 saturated heterocycles. The number of rotatable bonds is 4. The average molecular weight is 429 g/mol. The van der Waals surface area contributed by atoms with Gasteiger partial charge in [-0.3, -0.25) is 29.7 Å². The molecule has 4 rings (SSSR count). The Labute approximate surface area is 165 Å². The number of hydrogen-bond acceptors (Lipinski definition) is 8. The normalized spacial score (nSPS) is 25.9. The lowest BCUT2D eigenvalue weighted by atomic mass is 9.97. The van der Waals surface area contributed by atoms with E-state index in [1.54, 1.807) is 7.05 Å². The molecule has 0 radical (unpaired) electrons. The van der Waals surface area contributed by atoms with Crippen molar-refractivity contribution in [2.24, 2.45) is 13.0 Å². The molecule has 4 amide bonds. The fraction of sp³-hybridized carbons (Fsp3) is 0.571. The first-order chi connectivity index (χ1) is 13.7. The number of aryl methyl sites for hydroxylation is 1. The molecule has 158 valence electrons. The number of hydrazine groups is 1. The van der Waals surface area contributed by atoms with Gasteiger partial charge in [-0.2, -0.15) is 18.6 Å². The molecule has 2 fully saturated rings. The molecular formula is C14H19N7O7S. The van der Waals surface area contributed by atoms with Gasteiger partial charge < -0.3 is 10.2 Å². The standard InChI is InChI=1S/C14H19N7O7S/c1-19-10-8(5-16-19)9-6-20(14(24)21(9)28-29(25,26)27)11(10)13(23)18-17-12(22)7-2-3-15-4-7/h5,7,9,11,15H,2-4,6H2,1H3,(H,17,22)(H,18,23)(H,25,26,27). The number of hydrogen-bond donors (Lipinski definition) is 4. The van der Waals surface area contributed by atoms with Crippen LogP contribution in [0.1, 0.15) is 29.8 Å². The van der Waals surface area contributed by atoms with E-state index in [4.69, 9.17) is 4.55 Å². The zero-order valence-corrected chi connectivity index (χ0v) is 16.0. The Morgan fingerprint density at radius 1 is 1.34 bits per heavy atom. The molecule has 15 heteroatoms. The number of carbonyl (C=O) groups is 3. The third-order valence-electron chi connectivity index (χ3n) is 5.19. The van der Waals surface area contributed by atoms with Crippen molar-refractivity contribution in [2.75, 3.05) is 19.6 Å². The number of nitrogens with one attached hydrogen (secondary N) is 3. The van der Waals surface area contributed by atoms with Crippen molar-refractivity contribution in [3.63, 3.8) is 0 Å². The Bertz CT molecular complexity index is 971. The highest BCUT2D eigenvalue weighted by molar-refractivity contribution is 7.80. The largest absolute Gasteiger partial charge is 0.418 e. The van der Waals surface area contributed by atoms with Crippen molar-refractivity contribution >= 4 is 28.2 Å². The Morgan fingerprint density at radius 3 is 2.72 bits per heavy atom. The topological polar surface area (TPSA) is 175 Å². The van der Waals surface area contributed by atoms with Gasteiger partial charge in [0.2, 0.25) is 5.91 Å². The maximum atomic E-state index is 12.9. The summed E-state index contributed by atoms with van der Waals surface area (Å²) in [6, 6.07) is -2.98. The maximum absolute atomic E-state index is 12.9. The summed E-state index contributed by atoms with van der Waals surface area (Å²) in [5, 5.41) is 7.61. The Morgan fingerprint density at radius 2 is 2.07 bits per heavy atom. The van der Waals surface area contributed by atoms with Gasteiger partial charge in [0.05, 0.1) is 24.4 Å². The summed E-state index contributed by atoms with van der Waals surface area (Å²) in [6.07, 6.45) is 2.03. The predicted octanol–water partition coefficient (Wildman–Crippen LogP) is -2.26. The first-order valence-electron chi connectivity index (χ1n) is 8.76. The van der Waals surface area contributed by atoms with Gasteiger partial charge in [-0.25, -0.2) is 4.79 Å². The third kappa shape index (κ3) is 3.41. The van der Waals surface area contributed by atoms with Crippen LogP contribution in [0.4, 0.5) is 4.79 Å². The average Bonchev–Trinajstić information content (AvgIpc) is 3.36. The highest BCUT2D eigenvalue weighted by atomic mass is 32.3. The number of nitrogens with zero attached hydrogens (tertiary/aromatic N) is 4. The van der Waals surface area contributed by atoms with E-state index in [0.717, 1.165) is 4.90 Å². The van der Waals surface area contributed by atoms with E-state index in [1.165, 1.54) is 10.9 Å². The second-order valence-corrected chi connectivity index (χ2v) is 7.96. The van der Waals surface area contributed by atoms with Gasteiger partial charge in [0.25, 0.3) is 5.91 Å². The summed E-state index contributed by atoms with van der Waals surface area (Å²) in [5.74, 6) is -1.33. The van der Waals surface area contributed by atoms with Crippen LogP contribution in [0.25, 0.3) is 0 Å². The SMILES string of the molecule is Cn1ncc2c1C(C(=O)NNC(=O)C1CCNC1)N1CC2N(OS(=O)(=O)O)C1=O. The van der Waals surface area contributed by atoms with Crippen LogP contribution in [0.2, 0.25) is 0 Å². The molecule has 14 nitrogen and oxygen atoms in total. The number of hydroxylamine groups is 2. The quantitative estimate of drug-likeness (QED) is 0.304. The van der Waals surface area contributed by atoms with Crippen LogP contribution in [0, 0.1) is 5.92 Å². The smallest absolute Gasteiger partial charge is 0.316 e. The van der Waals surface area contributed by atoms with Gasteiger partial charge >= 0.3 is 16.4 Å². The summed E-state index contributed by atoms with van der Waals surface area (Å²) in [7, 11) is -3.39. The lowest BCUT2D eigenvalue weighted by molar-refractivity contribution is -0.133. The Balaban J connectivity index is 1.57. The number of urea groups is 1. The van der Waals surface area contributed by atoms with Crippen molar-refractivity contribution in [1.29, 1.82) is 0 Å². The molecular weight excluding hydrogens is 410 g/mol. The van der Waals surface area contributed by atoms with E-state index >= 15 is 0 Å². The second kappa shape index (κ2) is 6.94. The van der Waals surface area contributed by atoms with E-state index in [9.17, 15) is 22.8 Å². The first-order valence-corrected chi connectivity index (χ1v) is 10.1. The molecule has 3 aliphatic heterocycles. The third-order valence-corrected chi connectivity index (χ3v) is 5.54. The van der Waals surface area contributed by atoms with Crippen LogP contribution < -0.4 is 16.2 Å². The molecule has 1 aromatic heterocycles. The zero-order chi connectivity index (χ0) is 20.9. The van der Waals surface area contributed by atoms with E-state index in [-0.39, 0.29) is 18.4 Å². The van der Waals surface area contributed by atoms with Crippen LogP contribution in [0.5, 0.6) is 0 Å². The molecule has 4 heterocycles. The van der Waals surface area contributed by atoms with Crippen LogP contribution in [-0.2, 0) is 31.3 Å². The summed E-state index contributed by atoms with van der Waals surface area (Å²) in [6.45, 7) is 1.15. The van der Waals surface area contributed by atoms with Gasteiger partial charge in [-0.15, -0.1) is 4.28 Å². The molecule has 0 spiro atoms. The highest BCUT2D eigenvalue weighted by Crippen LogP contribution is 2.43. The van der Waals surface area contributed by atoms with Crippen LogP contribution >= 0.6 is 0 Å².